The first kappa shape index (κ1) is 17.9. The second-order valence-corrected chi connectivity index (χ2v) is 10.4. The molecule has 1 aliphatic rings. The van der Waals surface area contributed by atoms with Crippen molar-refractivity contribution in [2.45, 2.75) is 31.2 Å². The predicted molar refractivity (Wildman–Crippen MR) is 96.0 cm³/mol. The van der Waals surface area contributed by atoms with Gasteiger partial charge >= 0.3 is 0 Å². The van der Waals surface area contributed by atoms with Crippen molar-refractivity contribution in [1.82, 2.24) is 9.78 Å². The number of hydrogen-bond donors (Lipinski definition) is 0. The summed E-state index contributed by atoms with van der Waals surface area (Å²) in [4.78, 5) is 0.142. The fraction of sp³-hybridized carbons (Fsp3) is 0.438. The monoisotopic (exact) mass is 383 g/mol. The number of rotatable bonds is 4. The van der Waals surface area contributed by atoms with Crippen LogP contribution in [0, 0.1) is 13.8 Å². The van der Waals surface area contributed by atoms with Crippen molar-refractivity contribution < 1.29 is 16.8 Å². The van der Waals surface area contributed by atoms with Gasteiger partial charge in [-0.1, -0.05) is 18.2 Å². The topological polar surface area (TPSA) is 89.3 Å². The molecule has 1 aliphatic heterocycles. The van der Waals surface area contributed by atoms with Gasteiger partial charge in [0.15, 0.2) is 9.84 Å². The van der Waals surface area contributed by atoms with Crippen LogP contribution in [0.2, 0.25) is 0 Å². The second kappa shape index (κ2) is 6.14. The molecule has 1 aromatic carbocycles. The standard InChI is InChI=1S/C16H21N3O4S2/c1-12-16(25(22,23)18(3)14-7-5-4-6-8-14)13(2)19(17-12)15-9-10-24(20,21)11-15/h4-8,15H,9-11H2,1-3H3. The maximum atomic E-state index is 13.1. The largest absolute Gasteiger partial charge is 0.269 e. The number of aromatic nitrogens is 2. The van der Waals surface area contributed by atoms with E-state index in [2.05, 4.69) is 5.10 Å². The maximum Gasteiger partial charge on any atom is 0.267 e. The SMILES string of the molecule is Cc1nn(C2CCS(=O)(=O)C2)c(C)c1S(=O)(=O)N(C)c1ccccc1. The molecule has 7 nitrogen and oxygen atoms in total. The van der Waals surface area contributed by atoms with E-state index < -0.39 is 19.9 Å². The van der Waals surface area contributed by atoms with Crippen LogP contribution < -0.4 is 4.31 Å². The number of benzene rings is 1. The average molecular weight is 383 g/mol. The molecule has 0 radical (unpaired) electrons. The molecule has 1 atom stereocenters. The highest BCUT2D eigenvalue weighted by Gasteiger charge is 2.35. The minimum atomic E-state index is -3.79. The van der Waals surface area contributed by atoms with Gasteiger partial charge in [-0.05, 0) is 32.4 Å². The molecule has 0 aliphatic carbocycles. The molecule has 1 saturated heterocycles. The van der Waals surface area contributed by atoms with Gasteiger partial charge in [-0.25, -0.2) is 16.8 Å². The quantitative estimate of drug-likeness (QED) is 0.801. The van der Waals surface area contributed by atoms with Crippen LogP contribution in [0.1, 0.15) is 23.9 Å². The molecule has 0 bridgehead atoms. The van der Waals surface area contributed by atoms with Crippen molar-refractivity contribution in [2.75, 3.05) is 22.9 Å². The number of hydrogen-bond acceptors (Lipinski definition) is 5. The zero-order valence-electron chi connectivity index (χ0n) is 14.4. The Morgan fingerprint density at radius 1 is 1.20 bits per heavy atom. The summed E-state index contributed by atoms with van der Waals surface area (Å²) in [5.74, 6) is 0.116. The van der Waals surface area contributed by atoms with E-state index in [-0.39, 0.29) is 22.4 Å². The van der Waals surface area contributed by atoms with Crippen molar-refractivity contribution in [3.05, 3.63) is 41.7 Å². The van der Waals surface area contributed by atoms with E-state index in [9.17, 15) is 16.8 Å². The summed E-state index contributed by atoms with van der Waals surface area (Å²) in [6.07, 6.45) is 0.457. The van der Waals surface area contributed by atoms with Crippen molar-refractivity contribution in [2.24, 2.45) is 0 Å². The molecule has 3 rings (SSSR count). The molecular formula is C16H21N3O4S2. The van der Waals surface area contributed by atoms with E-state index in [1.54, 1.807) is 42.8 Å². The first-order valence-corrected chi connectivity index (χ1v) is 11.2. The van der Waals surface area contributed by atoms with Crippen molar-refractivity contribution >= 4 is 25.5 Å². The van der Waals surface area contributed by atoms with Crippen LogP contribution in [0.25, 0.3) is 0 Å². The van der Waals surface area contributed by atoms with Crippen LogP contribution in [-0.4, -0.2) is 45.2 Å². The third kappa shape index (κ3) is 3.18. The Balaban J connectivity index is 2.03. The zero-order chi connectivity index (χ0) is 18.4. The first-order chi connectivity index (χ1) is 11.6. The Kier molecular flexibility index (Phi) is 4.40. The van der Waals surface area contributed by atoms with Gasteiger partial charge in [-0.15, -0.1) is 0 Å². The van der Waals surface area contributed by atoms with Crippen molar-refractivity contribution in [3.8, 4) is 0 Å². The fourth-order valence-corrected chi connectivity index (χ4v) is 6.50. The summed E-state index contributed by atoms with van der Waals surface area (Å²) in [5.41, 5.74) is 1.41. The molecule has 0 saturated carbocycles. The van der Waals surface area contributed by atoms with Crippen LogP contribution >= 0.6 is 0 Å². The Morgan fingerprint density at radius 2 is 1.84 bits per heavy atom. The van der Waals surface area contributed by atoms with Crippen LogP contribution in [-0.2, 0) is 19.9 Å². The second-order valence-electron chi connectivity index (χ2n) is 6.31. The molecule has 1 fully saturated rings. The molecule has 0 N–H and O–H groups in total. The Hall–Kier alpha value is -1.87. The van der Waals surface area contributed by atoms with E-state index in [0.29, 0.717) is 23.5 Å². The number of para-hydroxylation sites is 1. The number of aryl methyl sites for hydroxylation is 1. The molecule has 2 aromatic rings. The zero-order valence-corrected chi connectivity index (χ0v) is 16.0. The molecule has 2 heterocycles. The lowest BCUT2D eigenvalue weighted by Gasteiger charge is -2.20. The number of sulfone groups is 1. The average Bonchev–Trinajstić information content (AvgIpc) is 3.06. The van der Waals surface area contributed by atoms with E-state index >= 15 is 0 Å². The smallest absolute Gasteiger partial charge is 0.267 e. The molecule has 1 unspecified atom stereocenters. The Morgan fingerprint density at radius 3 is 2.40 bits per heavy atom. The highest BCUT2D eigenvalue weighted by atomic mass is 32.2. The van der Waals surface area contributed by atoms with Gasteiger partial charge in [0.2, 0.25) is 0 Å². The van der Waals surface area contributed by atoms with Crippen molar-refractivity contribution in [3.63, 3.8) is 0 Å². The summed E-state index contributed by atoms with van der Waals surface area (Å²) in [6, 6.07) is 8.49. The first-order valence-electron chi connectivity index (χ1n) is 7.93. The van der Waals surface area contributed by atoms with E-state index in [4.69, 9.17) is 0 Å². The van der Waals surface area contributed by atoms with Gasteiger partial charge in [-0.3, -0.25) is 8.99 Å². The van der Waals surface area contributed by atoms with Gasteiger partial charge in [-0.2, -0.15) is 5.10 Å². The summed E-state index contributed by atoms with van der Waals surface area (Å²) in [7, 11) is -5.37. The van der Waals surface area contributed by atoms with E-state index in [0.717, 1.165) is 0 Å². The van der Waals surface area contributed by atoms with Crippen LogP contribution in [0.5, 0.6) is 0 Å². The highest BCUT2D eigenvalue weighted by Crippen LogP contribution is 2.31. The molecular weight excluding hydrogens is 362 g/mol. The number of sulfonamides is 1. The summed E-state index contributed by atoms with van der Waals surface area (Å²) in [5, 5.41) is 4.35. The van der Waals surface area contributed by atoms with E-state index in [1.165, 1.54) is 11.4 Å². The normalized spacial score (nSPS) is 19.9. The van der Waals surface area contributed by atoms with Crippen LogP contribution in [0.4, 0.5) is 5.69 Å². The molecule has 1 aromatic heterocycles. The van der Waals surface area contributed by atoms with Gasteiger partial charge < -0.3 is 0 Å². The fourth-order valence-electron chi connectivity index (χ4n) is 3.26. The Labute approximate surface area is 148 Å². The molecule has 25 heavy (non-hydrogen) atoms. The highest BCUT2D eigenvalue weighted by molar-refractivity contribution is 7.93. The number of anilines is 1. The molecule has 9 heteroatoms. The third-order valence-electron chi connectivity index (χ3n) is 4.55. The molecule has 136 valence electrons. The predicted octanol–water partition coefficient (Wildman–Crippen LogP) is 1.68. The number of nitrogens with zero attached hydrogens (tertiary/aromatic N) is 3. The van der Waals surface area contributed by atoms with Crippen molar-refractivity contribution in [1.29, 1.82) is 0 Å². The lowest BCUT2D eigenvalue weighted by molar-refractivity contribution is 0.484. The van der Waals surface area contributed by atoms with Crippen LogP contribution in [0.3, 0.4) is 0 Å². The lowest BCUT2D eigenvalue weighted by Crippen LogP contribution is -2.27. The minimum Gasteiger partial charge on any atom is -0.269 e. The summed E-state index contributed by atoms with van der Waals surface area (Å²) in [6.45, 7) is 3.31. The molecule has 0 amide bonds. The van der Waals surface area contributed by atoms with E-state index in [1.807, 2.05) is 6.07 Å². The minimum absolute atomic E-state index is 0.00295. The summed E-state index contributed by atoms with van der Waals surface area (Å²) >= 11 is 0. The van der Waals surface area contributed by atoms with Crippen LogP contribution in [0.15, 0.2) is 35.2 Å². The third-order valence-corrected chi connectivity index (χ3v) is 8.34. The summed E-state index contributed by atoms with van der Waals surface area (Å²) < 4.78 is 52.4. The lowest BCUT2D eigenvalue weighted by atomic mass is 10.2. The van der Waals surface area contributed by atoms with Gasteiger partial charge in [0.25, 0.3) is 10.0 Å². The molecule has 0 spiro atoms. The van der Waals surface area contributed by atoms with Gasteiger partial charge in [0.05, 0.1) is 34.6 Å². The Bertz CT molecular complexity index is 996. The van der Waals surface area contributed by atoms with Gasteiger partial charge in [0, 0.05) is 7.05 Å². The maximum absolute atomic E-state index is 13.1. The van der Waals surface area contributed by atoms with Gasteiger partial charge in [0.1, 0.15) is 4.90 Å².